The minimum Gasteiger partial charge on any atom is -0.457 e. The number of nitrogen functional groups attached to an aromatic ring is 1. The molecule has 0 saturated heterocycles. The van der Waals surface area contributed by atoms with Crippen LogP contribution >= 0.6 is 0 Å². The van der Waals surface area contributed by atoms with Gasteiger partial charge in [0.25, 0.3) is 0 Å². The van der Waals surface area contributed by atoms with E-state index in [1.165, 1.54) is 0 Å². The fourth-order valence-corrected chi connectivity index (χ4v) is 1.61. The second-order valence-corrected chi connectivity index (χ2v) is 4.76. The van der Waals surface area contributed by atoms with Crippen LogP contribution in [0.2, 0.25) is 0 Å². The molecule has 0 unspecified atom stereocenters. The Bertz CT molecular complexity index is 527. The lowest BCUT2D eigenvalue weighted by Gasteiger charge is -2.18. The van der Waals surface area contributed by atoms with Gasteiger partial charge in [-0.3, -0.25) is 0 Å². The number of benzene rings is 2. The average Bonchev–Trinajstić information content (AvgIpc) is 2.31. The van der Waals surface area contributed by atoms with Crippen LogP contribution in [0.4, 0.5) is 5.69 Å². The van der Waals surface area contributed by atoms with Crippen LogP contribution in [0.5, 0.6) is 11.5 Å². The molecule has 94 valence electrons. The molecule has 0 bridgehead atoms. The summed E-state index contributed by atoms with van der Waals surface area (Å²) in [5.41, 5.74) is 6.25. The molecular weight excluding hydrogens is 226 g/mol. The van der Waals surface area contributed by atoms with Crippen molar-refractivity contribution in [3.63, 3.8) is 0 Å². The SMILES string of the molecule is CC(C)(O)c1cccc(Oc2ccc(N)cc2)c1. The van der Waals surface area contributed by atoms with Crippen molar-refractivity contribution in [3.8, 4) is 11.5 Å². The topological polar surface area (TPSA) is 55.5 Å². The number of rotatable bonds is 3. The van der Waals surface area contributed by atoms with Crippen molar-refractivity contribution < 1.29 is 9.84 Å². The molecule has 0 aliphatic rings. The Morgan fingerprint density at radius 1 is 1.00 bits per heavy atom. The summed E-state index contributed by atoms with van der Waals surface area (Å²) in [6.07, 6.45) is 0. The van der Waals surface area contributed by atoms with Crippen LogP contribution in [-0.4, -0.2) is 5.11 Å². The molecule has 0 spiro atoms. The summed E-state index contributed by atoms with van der Waals surface area (Å²) in [5, 5.41) is 9.94. The van der Waals surface area contributed by atoms with E-state index in [0.29, 0.717) is 11.4 Å². The molecule has 0 radical (unpaired) electrons. The fourth-order valence-electron chi connectivity index (χ4n) is 1.61. The number of nitrogens with two attached hydrogens (primary N) is 1. The van der Waals surface area contributed by atoms with Crippen molar-refractivity contribution in [2.45, 2.75) is 19.4 Å². The van der Waals surface area contributed by atoms with E-state index in [9.17, 15) is 5.11 Å². The first kappa shape index (κ1) is 12.5. The van der Waals surface area contributed by atoms with Crippen molar-refractivity contribution in [2.24, 2.45) is 0 Å². The van der Waals surface area contributed by atoms with E-state index in [1.54, 1.807) is 26.0 Å². The maximum absolute atomic E-state index is 9.94. The first-order valence-corrected chi connectivity index (χ1v) is 5.81. The molecule has 0 aliphatic heterocycles. The van der Waals surface area contributed by atoms with Gasteiger partial charge in [0.05, 0.1) is 5.60 Å². The number of anilines is 1. The molecule has 0 fully saturated rings. The summed E-state index contributed by atoms with van der Waals surface area (Å²) in [6, 6.07) is 14.6. The largest absolute Gasteiger partial charge is 0.457 e. The molecule has 0 aliphatic carbocycles. The van der Waals surface area contributed by atoms with E-state index >= 15 is 0 Å². The number of ether oxygens (including phenoxy) is 1. The van der Waals surface area contributed by atoms with Crippen molar-refractivity contribution in [3.05, 3.63) is 54.1 Å². The fraction of sp³-hybridized carbons (Fsp3) is 0.200. The molecule has 2 aromatic carbocycles. The first-order valence-electron chi connectivity index (χ1n) is 5.81. The molecular formula is C15H17NO2. The van der Waals surface area contributed by atoms with Gasteiger partial charge < -0.3 is 15.6 Å². The molecule has 0 atom stereocenters. The van der Waals surface area contributed by atoms with Gasteiger partial charge in [0.2, 0.25) is 0 Å². The van der Waals surface area contributed by atoms with Gasteiger partial charge in [-0.05, 0) is 55.8 Å². The van der Waals surface area contributed by atoms with E-state index in [1.807, 2.05) is 36.4 Å². The van der Waals surface area contributed by atoms with Gasteiger partial charge in [-0.15, -0.1) is 0 Å². The van der Waals surface area contributed by atoms with Crippen LogP contribution in [0.3, 0.4) is 0 Å². The summed E-state index contributed by atoms with van der Waals surface area (Å²) in [6.45, 7) is 3.49. The standard InChI is InChI=1S/C15H17NO2/c1-15(2,17)11-4-3-5-14(10-11)18-13-8-6-12(16)7-9-13/h3-10,17H,16H2,1-2H3. The molecule has 3 nitrogen and oxygen atoms in total. The van der Waals surface area contributed by atoms with Gasteiger partial charge in [-0.2, -0.15) is 0 Å². The summed E-state index contributed by atoms with van der Waals surface area (Å²) < 4.78 is 5.70. The zero-order valence-corrected chi connectivity index (χ0v) is 10.6. The Kier molecular flexibility index (Phi) is 3.26. The predicted molar refractivity (Wildman–Crippen MR) is 72.6 cm³/mol. The van der Waals surface area contributed by atoms with Crippen molar-refractivity contribution in [1.82, 2.24) is 0 Å². The molecule has 2 aromatic rings. The highest BCUT2D eigenvalue weighted by atomic mass is 16.5. The maximum atomic E-state index is 9.94. The molecule has 0 heterocycles. The first-order chi connectivity index (χ1) is 8.45. The van der Waals surface area contributed by atoms with Gasteiger partial charge in [-0.25, -0.2) is 0 Å². The minimum absolute atomic E-state index is 0.694. The summed E-state index contributed by atoms with van der Waals surface area (Å²) in [5.74, 6) is 1.41. The van der Waals surface area contributed by atoms with Gasteiger partial charge in [-0.1, -0.05) is 12.1 Å². The van der Waals surface area contributed by atoms with Crippen molar-refractivity contribution in [1.29, 1.82) is 0 Å². The van der Waals surface area contributed by atoms with Crippen LogP contribution in [0.25, 0.3) is 0 Å². The van der Waals surface area contributed by atoms with Crippen LogP contribution in [0.15, 0.2) is 48.5 Å². The third-order valence-electron chi connectivity index (χ3n) is 2.66. The zero-order valence-electron chi connectivity index (χ0n) is 10.6. The van der Waals surface area contributed by atoms with Gasteiger partial charge >= 0.3 is 0 Å². The summed E-state index contributed by atoms with van der Waals surface area (Å²) in [4.78, 5) is 0. The molecule has 0 amide bonds. The van der Waals surface area contributed by atoms with Gasteiger partial charge in [0, 0.05) is 5.69 Å². The lowest BCUT2D eigenvalue weighted by Crippen LogP contribution is -2.15. The van der Waals surface area contributed by atoms with E-state index in [4.69, 9.17) is 10.5 Å². The molecule has 2 rings (SSSR count). The summed E-state index contributed by atoms with van der Waals surface area (Å²) >= 11 is 0. The Morgan fingerprint density at radius 2 is 1.67 bits per heavy atom. The van der Waals surface area contributed by atoms with E-state index in [2.05, 4.69) is 0 Å². The van der Waals surface area contributed by atoms with Crippen LogP contribution < -0.4 is 10.5 Å². The Balaban J connectivity index is 2.22. The third kappa shape index (κ3) is 3.02. The third-order valence-corrected chi connectivity index (χ3v) is 2.66. The Labute approximate surface area is 107 Å². The smallest absolute Gasteiger partial charge is 0.127 e. The quantitative estimate of drug-likeness (QED) is 0.813. The van der Waals surface area contributed by atoms with Gasteiger partial charge in [0.15, 0.2) is 0 Å². The second kappa shape index (κ2) is 4.70. The lowest BCUT2D eigenvalue weighted by molar-refractivity contribution is 0.0784. The molecule has 3 N–H and O–H groups in total. The normalized spacial score (nSPS) is 11.3. The van der Waals surface area contributed by atoms with E-state index in [-0.39, 0.29) is 0 Å². The average molecular weight is 243 g/mol. The number of hydrogen-bond acceptors (Lipinski definition) is 3. The van der Waals surface area contributed by atoms with Crippen LogP contribution in [0, 0.1) is 0 Å². The van der Waals surface area contributed by atoms with Crippen molar-refractivity contribution >= 4 is 5.69 Å². The molecule has 18 heavy (non-hydrogen) atoms. The lowest BCUT2D eigenvalue weighted by atomic mass is 9.98. The second-order valence-electron chi connectivity index (χ2n) is 4.76. The van der Waals surface area contributed by atoms with Crippen LogP contribution in [0.1, 0.15) is 19.4 Å². The molecule has 3 heteroatoms. The zero-order chi connectivity index (χ0) is 13.2. The van der Waals surface area contributed by atoms with E-state index < -0.39 is 5.60 Å². The molecule has 0 aromatic heterocycles. The van der Waals surface area contributed by atoms with Crippen molar-refractivity contribution in [2.75, 3.05) is 5.73 Å². The Hall–Kier alpha value is -2.00. The number of hydrogen-bond donors (Lipinski definition) is 2. The highest BCUT2D eigenvalue weighted by Crippen LogP contribution is 2.27. The highest BCUT2D eigenvalue weighted by molar-refractivity contribution is 5.43. The maximum Gasteiger partial charge on any atom is 0.127 e. The predicted octanol–water partition coefficient (Wildman–Crippen LogP) is 3.29. The monoisotopic (exact) mass is 243 g/mol. The molecule has 0 saturated carbocycles. The summed E-state index contributed by atoms with van der Waals surface area (Å²) in [7, 11) is 0. The van der Waals surface area contributed by atoms with Crippen LogP contribution in [-0.2, 0) is 5.60 Å². The highest BCUT2D eigenvalue weighted by Gasteiger charge is 2.16. The van der Waals surface area contributed by atoms with E-state index in [0.717, 1.165) is 11.3 Å². The Morgan fingerprint density at radius 3 is 2.28 bits per heavy atom. The van der Waals surface area contributed by atoms with Gasteiger partial charge in [0.1, 0.15) is 11.5 Å². The minimum atomic E-state index is -0.875. The number of aliphatic hydroxyl groups is 1.